The number of nitrogens with one attached hydrogen (secondary N) is 2. The Bertz CT molecular complexity index is 673. The predicted molar refractivity (Wildman–Crippen MR) is 118 cm³/mol. The van der Waals surface area contributed by atoms with E-state index in [-0.39, 0.29) is 47.8 Å². The fraction of sp³-hybridized carbons (Fsp3) is 0.667. The third-order valence-corrected chi connectivity index (χ3v) is 5.99. The van der Waals surface area contributed by atoms with E-state index < -0.39 is 0 Å². The van der Waals surface area contributed by atoms with Gasteiger partial charge in [-0.15, -0.1) is 0 Å². The molecule has 4 atom stereocenters. The van der Waals surface area contributed by atoms with Gasteiger partial charge in [-0.3, -0.25) is 9.59 Å². The van der Waals surface area contributed by atoms with Crippen LogP contribution in [0.4, 0.5) is 0 Å². The molecule has 0 radical (unpaired) electrons. The zero-order valence-corrected chi connectivity index (χ0v) is 21.6. The van der Waals surface area contributed by atoms with Crippen LogP contribution in [0.1, 0.15) is 51.6 Å². The Hall–Kier alpha value is -1.15. The molecule has 1 saturated carbocycles. The Kier molecular flexibility index (Phi) is 10.8. The highest BCUT2D eigenvalue weighted by molar-refractivity contribution is 5.80. The highest BCUT2D eigenvalue weighted by Gasteiger charge is 2.35. The molecule has 2 rings (SSSR count). The van der Waals surface area contributed by atoms with Gasteiger partial charge in [0.1, 0.15) is 0 Å². The van der Waals surface area contributed by atoms with E-state index in [1.54, 1.807) is 0 Å². The standard InChI is InChI=1S/C24H39N3O2.HI/c1-17(2)20-13-12-18(3)14-21(20)24(29)25-15-22(19-10-8-7-9-11-19)26-23(28)16-27(4,5)6;/h7-11,17-18,20-22H,12-16H2,1-6H3,(H-,25,26,28,29);1H/t18-,20+,21-,22-;/m1./s1. The van der Waals surface area contributed by atoms with Crippen LogP contribution in [0.3, 0.4) is 0 Å². The summed E-state index contributed by atoms with van der Waals surface area (Å²) in [5, 5.41) is 6.29. The molecule has 0 aromatic heterocycles. The smallest absolute Gasteiger partial charge is 0.275 e. The molecule has 30 heavy (non-hydrogen) atoms. The molecule has 0 aliphatic heterocycles. The lowest BCUT2D eigenvalue weighted by Gasteiger charge is -2.36. The summed E-state index contributed by atoms with van der Waals surface area (Å²) in [4.78, 5) is 25.6. The molecular weight excluding hydrogens is 489 g/mol. The van der Waals surface area contributed by atoms with E-state index in [0.717, 1.165) is 18.4 Å². The highest BCUT2D eigenvalue weighted by atomic mass is 127. The number of quaternary nitrogens is 1. The summed E-state index contributed by atoms with van der Waals surface area (Å²) in [5.41, 5.74) is 1.01. The molecule has 0 heterocycles. The van der Waals surface area contributed by atoms with E-state index >= 15 is 0 Å². The molecule has 1 aromatic carbocycles. The van der Waals surface area contributed by atoms with Crippen LogP contribution in [0.25, 0.3) is 0 Å². The summed E-state index contributed by atoms with van der Waals surface area (Å²) in [6, 6.07) is 9.67. The Balaban J connectivity index is 0.00000450. The summed E-state index contributed by atoms with van der Waals surface area (Å²) in [7, 11) is 5.99. The molecule has 1 aliphatic rings. The lowest BCUT2D eigenvalue weighted by Crippen LogP contribution is -3.00. The third kappa shape index (κ3) is 8.53. The van der Waals surface area contributed by atoms with Crippen LogP contribution >= 0.6 is 0 Å². The zero-order chi connectivity index (χ0) is 21.6. The van der Waals surface area contributed by atoms with Crippen molar-refractivity contribution in [3.8, 4) is 0 Å². The lowest BCUT2D eigenvalue weighted by molar-refractivity contribution is -0.862. The first-order valence-electron chi connectivity index (χ1n) is 11.0. The monoisotopic (exact) mass is 529 g/mol. The third-order valence-electron chi connectivity index (χ3n) is 5.99. The minimum atomic E-state index is -0.224. The number of hydrogen-bond donors (Lipinski definition) is 2. The van der Waals surface area contributed by atoms with Crippen molar-refractivity contribution in [1.82, 2.24) is 10.6 Å². The first-order valence-corrected chi connectivity index (χ1v) is 11.0. The van der Waals surface area contributed by atoms with E-state index in [4.69, 9.17) is 0 Å². The second-order valence-corrected chi connectivity index (χ2v) is 10.2. The van der Waals surface area contributed by atoms with Gasteiger partial charge in [0, 0.05) is 12.5 Å². The molecule has 5 nitrogen and oxygen atoms in total. The predicted octanol–water partition coefficient (Wildman–Crippen LogP) is 0.379. The molecule has 6 heteroatoms. The van der Waals surface area contributed by atoms with Crippen LogP contribution in [0.15, 0.2) is 30.3 Å². The average Bonchev–Trinajstić information content (AvgIpc) is 2.63. The second kappa shape index (κ2) is 12.0. The SMILES string of the molecule is CC(C)[C@@H]1CC[C@@H](C)C[C@H]1C(=O)NC[C@@H](NC(=O)C[N+](C)(C)C)c1ccccc1.[I-]. The average molecular weight is 530 g/mol. The van der Waals surface area contributed by atoms with Gasteiger partial charge in [-0.2, -0.15) is 0 Å². The van der Waals surface area contributed by atoms with Gasteiger partial charge in [0.2, 0.25) is 5.91 Å². The zero-order valence-electron chi connectivity index (χ0n) is 19.5. The van der Waals surface area contributed by atoms with Crippen molar-refractivity contribution >= 4 is 11.8 Å². The van der Waals surface area contributed by atoms with Gasteiger partial charge in [0.15, 0.2) is 6.54 Å². The van der Waals surface area contributed by atoms with Crippen molar-refractivity contribution in [3.63, 3.8) is 0 Å². The van der Waals surface area contributed by atoms with Gasteiger partial charge >= 0.3 is 0 Å². The summed E-state index contributed by atoms with van der Waals surface area (Å²) >= 11 is 0. The molecule has 170 valence electrons. The van der Waals surface area contributed by atoms with E-state index in [1.165, 1.54) is 6.42 Å². The Morgan fingerprint density at radius 3 is 2.30 bits per heavy atom. The maximum absolute atomic E-state index is 13.1. The molecule has 0 spiro atoms. The number of halogens is 1. The molecular formula is C24H40IN3O2. The topological polar surface area (TPSA) is 58.2 Å². The van der Waals surface area contributed by atoms with Crippen LogP contribution < -0.4 is 34.6 Å². The lowest BCUT2D eigenvalue weighted by atomic mass is 9.70. The van der Waals surface area contributed by atoms with Crippen molar-refractivity contribution in [2.24, 2.45) is 23.7 Å². The fourth-order valence-electron chi connectivity index (χ4n) is 4.45. The number of amides is 2. The number of hydrogen-bond acceptors (Lipinski definition) is 2. The van der Waals surface area contributed by atoms with E-state index in [9.17, 15) is 9.59 Å². The van der Waals surface area contributed by atoms with E-state index in [0.29, 0.717) is 35.3 Å². The van der Waals surface area contributed by atoms with Crippen LogP contribution in [0.5, 0.6) is 0 Å². The maximum Gasteiger partial charge on any atom is 0.275 e. The van der Waals surface area contributed by atoms with Crippen LogP contribution in [-0.4, -0.2) is 50.5 Å². The van der Waals surface area contributed by atoms with Gasteiger partial charge < -0.3 is 39.1 Å². The Labute approximate surface area is 200 Å². The normalized spacial score (nSPS) is 22.7. The molecule has 2 N–H and O–H groups in total. The van der Waals surface area contributed by atoms with Crippen LogP contribution in [0, 0.1) is 23.7 Å². The maximum atomic E-state index is 13.1. The summed E-state index contributed by atoms with van der Waals surface area (Å²) < 4.78 is 0.565. The van der Waals surface area contributed by atoms with Gasteiger partial charge in [-0.25, -0.2) is 0 Å². The van der Waals surface area contributed by atoms with Crippen molar-refractivity contribution in [3.05, 3.63) is 35.9 Å². The minimum Gasteiger partial charge on any atom is -1.00 e. The number of carbonyl (C=O) groups is 2. The van der Waals surface area contributed by atoms with Crippen molar-refractivity contribution < 1.29 is 38.0 Å². The minimum absolute atomic E-state index is 0. The first kappa shape index (κ1) is 26.9. The molecule has 0 saturated heterocycles. The van der Waals surface area contributed by atoms with E-state index in [1.807, 2.05) is 51.5 Å². The Morgan fingerprint density at radius 1 is 1.10 bits per heavy atom. The van der Waals surface area contributed by atoms with Crippen molar-refractivity contribution in [2.45, 2.75) is 46.1 Å². The van der Waals surface area contributed by atoms with Crippen LogP contribution in [-0.2, 0) is 9.59 Å². The second-order valence-electron chi connectivity index (χ2n) is 10.2. The largest absolute Gasteiger partial charge is 1.00 e. The molecule has 0 unspecified atom stereocenters. The molecule has 1 aromatic rings. The summed E-state index contributed by atoms with van der Waals surface area (Å²) in [6.45, 7) is 7.50. The molecule has 2 amide bonds. The van der Waals surface area contributed by atoms with Crippen molar-refractivity contribution in [1.29, 1.82) is 0 Å². The molecule has 1 aliphatic carbocycles. The number of benzene rings is 1. The Morgan fingerprint density at radius 2 is 1.73 bits per heavy atom. The van der Waals surface area contributed by atoms with Gasteiger partial charge in [0.25, 0.3) is 5.91 Å². The van der Waals surface area contributed by atoms with Crippen LogP contribution in [0.2, 0.25) is 0 Å². The first-order chi connectivity index (χ1) is 13.6. The highest BCUT2D eigenvalue weighted by Crippen LogP contribution is 2.38. The fourth-order valence-corrected chi connectivity index (χ4v) is 4.45. The number of likely N-dealkylation sites (N-methyl/N-ethyl adjacent to an activating group) is 1. The number of rotatable bonds is 8. The summed E-state index contributed by atoms with van der Waals surface area (Å²) in [6.07, 6.45) is 3.29. The number of carbonyl (C=O) groups excluding carboxylic acids is 2. The number of nitrogens with zero attached hydrogens (tertiary/aromatic N) is 1. The quantitative estimate of drug-likeness (QED) is 0.378. The van der Waals surface area contributed by atoms with Gasteiger partial charge in [0.05, 0.1) is 27.2 Å². The molecule has 1 fully saturated rings. The van der Waals surface area contributed by atoms with Gasteiger partial charge in [-0.1, -0.05) is 57.5 Å². The van der Waals surface area contributed by atoms with E-state index in [2.05, 4.69) is 31.4 Å². The summed E-state index contributed by atoms with van der Waals surface area (Å²) in [5.74, 6) is 1.73. The molecule has 0 bridgehead atoms. The van der Waals surface area contributed by atoms with Crippen molar-refractivity contribution in [2.75, 3.05) is 34.2 Å². The van der Waals surface area contributed by atoms with Gasteiger partial charge in [-0.05, 0) is 36.2 Å².